The van der Waals surface area contributed by atoms with Crippen molar-refractivity contribution in [3.63, 3.8) is 0 Å². The second-order valence-corrected chi connectivity index (χ2v) is 2.97. The maximum Gasteiger partial charge on any atom is 0.118 e. The molecule has 0 amide bonds. The lowest BCUT2D eigenvalue weighted by atomic mass is 10.1. The summed E-state index contributed by atoms with van der Waals surface area (Å²) in [7, 11) is 0. The highest BCUT2D eigenvalue weighted by molar-refractivity contribution is 5.33. The van der Waals surface area contributed by atoms with Crippen molar-refractivity contribution in [3.8, 4) is 0 Å². The first-order valence-electron chi connectivity index (χ1n) is 3.84. The van der Waals surface area contributed by atoms with Gasteiger partial charge >= 0.3 is 0 Å². The van der Waals surface area contributed by atoms with Crippen molar-refractivity contribution < 1.29 is 5.11 Å². The minimum absolute atomic E-state index is 0.255. The summed E-state index contributed by atoms with van der Waals surface area (Å²) in [5.41, 5.74) is 2.60. The average molecular weight is 164 g/mol. The van der Waals surface area contributed by atoms with Crippen molar-refractivity contribution in [2.24, 2.45) is 0 Å². The second-order valence-electron chi connectivity index (χ2n) is 2.97. The van der Waals surface area contributed by atoms with Crippen LogP contribution in [0.25, 0.3) is 0 Å². The molecule has 1 N–H and O–H groups in total. The Balaban J connectivity index is 4.58. The largest absolute Gasteiger partial charge is 0.508 e. The van der Waals surface area contributed by atoms with Gasteiger partial charge in [-0.25, -0.2) is 0 Å². The first-order chi connectivity index (χ1) is 5.45. The maximum absolute atomic E-state index is 9.43. The van der Waals surface area contributed by atoms with Crippen molar-refractivity contribution in [2.45, 2.75) is 20.8 Å². The number of allylic oxidation sites excluding steroid dienone is 5. The van der Waals surface area contributed by atoms with Gasteiger partial charge in [0, 0.05) is 0 Å². The Bertz CT molecular complexity index is 254. The summed E-state index contributed by atoms with van der Waals surface area (Å²) in [5.74, 6) is 0.255. The molecule has 0 unspecified atom stereocenters. The first-order valence-corrected chi connectivity index (χ1v) is 3.84. The molecule has 0 aliphatic rings. The van der Waals surface area contributed by atoms with Gasteiger partial charge in [-0.05, 0) is 32.4 Å². The summed E-state index contributed by atoms with van der Waals surface area (Å²) in [6.07, 6.45) is 3.40. The molecule has 0 aliphatic heterocycles. The van der Waals surface area contributed by atoms with Gasteiger partial charge in [0.25, 0.3) is 0 Å². The molecule has 0 aromatic carbocycles. The topological polar surface area (TPSA) is 20.2 Å². The van der Waals surface area contributed by atoms with Crippen molar-refractivity contribution in [2.75, 3.05) is 0 Å². The van der Waals surface area contributed by atoms with Gasteiger partial charge in [-0.15, -0.1) is 0 Å². The molecule has 1 heteroatoms. The molecule has 12 heavy (non-hydrogen) atoms. The molecule has 0 rings (SSSR count). The fourth-order valence-electron chi connectivity index (χ4n) is 0.565. The van der Waals surface area contributed by atoms with Crippen molar-refractivity contribution >= 4 is 0 Å². The Hall–Kier alpha value is -1.24. The molecule has 66 valence electrons. The zero-order valence-electron chi connectivity index (χ0n) is 8.02. The van der Waals surface area contributed by atoms with E-state index in [0.29, 0.717) is 0 Å². The zero-order chi connectivity index (χ0) is 9.72. The van der Waals surface area contributed by atoms with Gasteiger partial charge in [0.1, 0.15) is 5.76 Å². The highest BCUT2D eigenvalue weighted by Gasteiger charge is 1.95. The molecule has 1 nitrogen and oxygen atoms in total. The van der Waals surface area contributed by atoms with E-state index in [0.717, 1.165) is 16.7 Å². The van der Waals surface area contributed by atoms with E-state index in [1.165, 1.54) is 0 Å². The van der Waals surface area contributed by atoms with Crippen molar-refractivity contribution in [1.29, 1.82) is 0 Å². The normalized spacial score (nSPS) is 12.9. The van der Waals surface area contributed by atoms with Crippen LogP contribution < -0.4 is 0 Å². The van der Waals surface area contributed by atoms with Gasteiger partial charge in [0.2, 0.25) is 0 Å². The van der Waals surface area contributed by atoms with E-state index in [9.17, 15) is 5.11 Å². The lowest BCUT2D eigenvalue weighted by molar-refractivity contribution is 0.426. The van der Waals surface area contributed by atoms with Crippen LogP contribution in [-0.4, -0.2) is 5.11 Å². The monoisotopic (exact) mass is 164 g/mol. The minimum Gasteiger partial charge on any atom is -0.508 e. The summed E-state index contributed by atoms with van der Waals surface area (Å²) >= 11 is 0. The molecule has 0 bridgehead atoms. The highest BCUT2D eigenvalue weighted by Crippen LogP contribution is 2.11. The molecule has 0 heterocycles. The molecule has 0 fully saturated rings. The van der Waals surface area contributed by atoms with Crippen LogP contribution in [0.15, 0.2) is 47.8 Å². The lowest BCUT2D eigenvalue weighted by Crippen LogP contribution is -1.84. The van der Waals surface area contributed by atoms with Crippen molar-refractivity contribution in [1.82, 2.24) is 0 Å². The third kappa shape index (κ3) is 3.81. The molecule has 0 radical (unpaired) electrons. The molecule has 0 atom stereocenters. The Morgan fingerprint density at radius 3 is 1.92 bits per heavy atom. The van der Waals surface area contributed by atoms with E-state index >= 15 is 0 Å². The number of hydrogen-bond acceptors (Lipinski definition) is 1. The quantitative estimate of drug-likeness (QED) is 0.499. The number of rotatable bonds is 3. The van der Waals surface area contributed by atoms with Gasteiger partial charge in [-0.2, -0.15) is 0 Å². The number of hydrogen-bond donors (Lipinski definition) is 1. The van der Waals surface area contributed by atoms with Crippen LogP contribution in [-0.2, 0) is 0 Å². The van der Waals surface area contributed by atoms with Crippen LogP contribution in [0, 0.1) is 0 Å². The van der Waals surface area contributed by atoms with Crippen molar-refractivity contribution in [3.05, 3.63) is 47.8 Å². The third-order valence-corrected chi connectivity index (χ3v) is 1.55. The molecule has 0 saturated heterocycles. The van der Waals surface area contributed by atoms with Gasteiger partial charge in [-0.1, -0.05) is 30.4 Å². The summed E-state index contributed by atoms with van der Waals surface area (Å²) in [4.78, 5) is 0. The van der Waals surface area contributed by atoms with Crippen LogP contribution in [0.5, 0.6) is 0 Å². The van der Waals surface area contributed by atoms with Gasteiger partial charge in [0.05, 0.1) is 0 Å². The van der Waals surface area contributed by atoms with E-state index in [1.54, 1.807) is 12.2 Å². The van der Waals surface area contributed by atoms with E-state index in [2.05, 4.69) is 13.2 Å². The molecular formula is C11H16O. The molecule has 0 spiro atoms. The Morgan fingerprint density at radius 1 is 1.08 bits per heavy atom. The van der Waals surface area contributed by atoms with Crippen LogP contribution >= 0.6 is 0 Å². The summed E-state index contributed by atoms with van der Waals surface area (Å²) in [6.45, 7) is 13.0. The zero-order valence-corrected chi connectivity index (χ0v) is 8.02. The molecule has 0 saturated carbocycles. The predicted octanol–water partition coefficient (Wildman–Crippen LogP) is 3.53. The van der Waals surface area contributed by atoms with E-state index in [1.807, 2.05) is 20.8 Å². The van der Waals surface area contributed by atoms with E-state index in [4.69, 9.17) is 0 Å². The Morgan fingerprint density at radius 2 is 1.58 bits per heavy atom. The molecule has 0 aliphatic carbocycles. The maximum atomic E-state index is 9.43. The fraction of sp³-hybridized carbons (Fsp3) is 0.273. The molecule has 0 aromatic rings. The predicted molar refractivity (Wildman–Crippen MR) is 54.1 cm³/mol. The molecule has 0 aromatic heterocycles. The lowest BCUT2D eigenvalue weighted by Gasteiger charge is -2.00. The Kier molecular flexibility index (Phi) is 4.12. The smallest absolute Gasteiger partial charge is 0.118 e. The van der Waals surface area contributed by atoms with Crippen LogP contribution in [0.4, 0.5) is 0 Å². The SMILES string of the molecule is C=C(C)/C=C\C(O)=C(/C)C(=C)C. The van der Waals surface area contributed by atoms with Gasteiger partial charge in [-0.3, -0.25) is 0 Å². The standard InChI is InChI=1S/C11H16O/c1-8(2)6-7-11(12)10(5)9(3)4/h6-7,12H,1,3H2,2,4-5H3/b7-6-,11-10-. The summed E-state index contributed by atoms with van der Waals surface area (Å²) < 4.78 is 0. The fourth-order valence-corrected chi connectivity index (χ4v) is 0.565. The van der Waals surface area contributed by atoms with E-state index < -0.39 is 0 Å². The molecular weight excluding hydrogens is 148 g/mol. The average Bonchev–Trinajstić information content (AvgIpc) is 1.98. The van der Waals surface area contributed by atoms with Crippen LogP contribution in [0.3, 0.4) is 0 Å². The van der Waals surface area contributed by atoms with Crippen LogP contribution in [0.1, 0.15) is 20.8 Å². The minimum atomic E-state index is 0.255. The third-order valence-electron chi connectivity index (χ3n) is 1.55. The highest BCUT2D eigenvalue weighted by atomic mass is 16.3. The number of aliphatic hydroxyl groups is 1. The Labute approximate surface area is 74.4 Å². The first kappa shape index (κ1) is 10.8. The second kappa shape index (κ2) is 4.60. The van der Waals surface area contributed by atoms with Gasteiger partial charge in [0.15, 0.2) is 0 Å². The van der Waals surface area contributed by atoms with Gasteiger partial charge < -0.3 is 5.11 Å². The summed E-state index contributed by atoms with van der Waals surface area (Å²) in [6, 6.07) is 0. The van der Waals surface area contributed by atoms with Crippen LogP contribution in [0.2, 0.25) is 0 Å². The summed E-state index contributed by atoms with van der Waals surface area (Å²) in [5, 5.41) is 9.43. The number of aliphatic hydroxyl groups excluding tert-OH is 1. The van der Waals surface area contributed by atoms with E-state index in [-0.39, 0.29) is 5.76 Å².